The third-order valence-electron chi connectivity index (χ3n) is 3.52. The quantitative estimate of drug-likeness (QED) is 0.689. The molecule has 104 valence electrons. The van der Waals surface area contributed by atoms with Gasteiger partial charge < -0.3 is 4.74 Å². The normalized spacial score (nSPS) is 10.4. The minimum Gasteiger partial charge on any atom is -0.497 e. The summed E-state index contributed by atoms with van der Waals surface area (Å²) in [5, 5.41) is 0. The van der Waals surface area contributed by atoms with Gasteiger partial charge in [0.05, 0.1) is 12.8 Å². The van der Waals surface area contributed by atoms with Gasteiger partial charge in [0.2, 0.25) is 0 Å². The lowest BCUT2D eigenvalue weighted by Crippen LogP contribution is -1.89. The zero-order valence-electron chi connectivity index (χ0n) is 12.2. The molecule has 2 aromatic carbocycles. The minimum atomic E-state index is 0.865. The summed E-state index contributed by atoms with van der Waals surface area (Å²) in [4.78, 5) is 4.54. The molecule has 0 fully saturated rings. The van der Waals surface area contributed by atoms with E-state index in [2.05, 4.69) is 47.4 Å². The van der Waals surface area contributed by atoms with Crippen molar-refractivity contribution in [3.8, 4) is 28.1 Å². The molecule has 0 radical (unpaired) electrons. The lowest BCUT2D eigenvalue weighted by Gasteiger charge is -2.10. The molecule has 3 aromatic rings. The van der Waals surface area contributed by atoms with Crippen molar-refractivity contribution in [1.29, 1.82) is 0 Å². The molecular formula is C19H17NO. The molecule has 0 spiro atoms. The van der Waals surface area contributed by atoms with Gasteiger partial charge in [0.15, 0.2) is 0 Å². The fourth-order valence-electron chi connectivity index (χ4n) is 2.36. The Morgan fingerprint density at radius 1 is 0.810 bits per heavy atom. The fraction of sp³-hybridized carbons (Fsp3) is 0.105. The van der Waals surface area contributed by atoms with Crippen LogP contribution in [0.15, 0.2) is 66.9 Å². The van der Waals surface area contributed by atoms with Gasteiger partial charge in [0.25, 0.3) is 0 Å². The Morgan fingerprint density at radius 2 is 1.52 bits per heavy atom. The number of ether oxygens (including phenoxy) is 1. The van der Waals surface area contributed by atoms with E-state index >= 15 is 0 Å². The summed E-state index contributed by atoms with van der Waals surface area (Å²) in [5.41, 5.74) is 5.64. The van der Waals surface area contributed by atoms with E-state index in [-0.39, 0.29) is 0 Å². The second-order valence-electron chi connectivity index (χ2n) is 4.99. The smallest absolute Gasteiger partial charge is 0.118 e. The summed E-state index contributed by atoms with van der Waals surface area (Å²) in [5.74, 6) is 0.865. The molecule has 0 aliphatic heterocycles. The second kappa shape index (κ2) is 5.80. The van der Waals surface area contributed by atoms with Gasteiger partial charge in [-0.15, -0.1) is 0 Å². The molecular weight excluding hydrogens is 258 g/mol. The molecule has 0 aliphatic rings. The van der Waals surface area contributed by atoms with E-state index < -0.39 is 0 Å². The Hall–Kier alpha value is -2.61. The van der Waals surface area contributed by atoms with Crippen LogP contribution in [0.5, 0.6) is 5.75 Å². The maximum Gasteiger partial charge on any atom is 0.118 e. The van der Waals surface area contributed by atoms with Gasteiger partial charge in [-0.1, -0.05) is 42.5 Å². The zero-order chi connectivity index (χ0) is 14.7. The van der Waals surface area contributed by atoms with E-state index in [4.69, 9.17) is 4.74 Å². The number of benzene rings is 2. The number of nitrogens with zero attached hydrogens (tertiary/aromatic N) is 1. The summed E-state index contributed by atoms with van der Waals surface area (Å²) < 4.78 is 5.22. The average Bonchev–Trinajstić information content (AvgIpc) is 2.56. The Labute approximate surface area is 125 Å². The SMILES string of the molecule is COc1ccc(-c2ccccc2-c2ccc(C)cn2)cc1. The molecule has 0 amide bonds. The van der Waals surface area contributed by atoms with E-state index in [9.17, 15) is 0 Å². The third-order valence-corrected chi connectivity index (χ3v) is 3.52. The average molecular weight is 275 g/mol. The van der Waals surface area contributed by atoms with E-state index in [0.29, 0.717) is 0 Å². The molecule has 2 heteroatoms. The van der Waals surface area contributed by atoms with E-state index in [1.807, 2.05) is 31.3 Å². The predicted molar refractivity (Wildman–Crippen MR) is 86.4 cm³/mol. The Balaban J connectivity index is 2.08. The minimum absolute atomic E-state index is 0.865. The highest BCUT2D eigenvalue weighted by Gasteiger charge is 2.07. The molecule has 1 aromatic heterocycles. The highest BCUT2D eigenvalue weighted by atomic mass is 16.5. The van der Waals surface area contributed by atoms with Gasteiger partial charge in [0.1, 0.15) is 5.75 Å². The molecule has 0 N–H and O–H groups in total. The summed E-state index contributed by atoms with van der Waals surface area (Å²) in [6.45, 7) is 2.05. The van der Waals surface area contributed by atoms with Crippen LogP contribution >= 0.6 is 0 Å². The van der Waals surface area contributed by atoms with Crippen molar-refractivity contribution in [3.05, 3.63) is 72.4 Å². The molecule has 0 saturated heterocycles. The van der Waals surface area contributed by atoms with Gasteiger partial charge in [0, 0.05) is 11.8 Å². The molecule has 0 aliphatic carbocycles. The van der Waals surface area contributed by atoms with Crippen molar-refractivity contribution in [1.82, 2.24) is 4.98 Å². The number of hydrogen-bond donors (Lipinski definition) is 0. The summed E-state index contributed by atoms with van der Waals surface area (Å²) in [7, 11) is 1.68. The number of pyridine rings is 1. The standard InChI is InChI=1S/C19H17NO/c1-14-7-12-19(20-13-14)18-6-4-3-5-17(18)15-8-10-16(21-2)11-9-15/h3-13H,1-2H3. The number of methoxy groups -OCH3 is 1. The second-order valence-corrected chi connectivity index (χ2v) is 4.99. The lowest BCUT2D eigenvalue weighted by molar-refractivity contribution is 0.415. The molecule has 0 saturated carbocycles. The Bertz CT molecular complexity index is 730. The zero-order valence-corrected chi connectivity index (χ0v) is 12.2. The van der Waals surface area contributed by atoms with Crippen molar-refractivity contribution >= 4 is 0 Å². The molecule has 1 heterocycles. The third kappa shape index (κ3) is 2.79. The van der Waals surface area contributed by atoms with Crippen molar-refractivity contribution in [2.24, 2.45) is 0 Å². The van der Waals surface area contributed by atoms with Crippen LogP contribution in [0.4, 0.5) is 0 Å². The van der Waals surface area contributed by atoms with Crippen molar-refractivity contribution < 1.29 is 4.74 Å². The topological polar surface area (TPSA) is 22.1 Å². The van der Waals surface area contributed by atoms with Crippen molar-refractivity contribution in [3.63, 3.8) is 0 Å². The monoisotopic (exact) mass is 275 g/mol. The first kappa shape index (κ1) is 13.4. The van der Waals surface area contributed by atoms with Gasteiger partial charge >= 0.3 is 0 Å². The predicted octanol–water partition coefficient (Wildman–Crippen LogP) is 4.73. The molecule has 0 atom stereocenters. The van der Waals surface area contributed by atoms with Gasteiger partial charge in [-0.3, -0.25) is 4.98 Å². The summed E-state index contributed by atoms with van der Waals surface area (Å²) >= 11 is 0. The van der Waals surface area contributed by atoms with Crippen molar-refractivity contribution in [2.75, 3.05) is 7.11 Å². The first-order valence-electron chi connectivity index (χ1n) is 6.94. The van der Waals surface area contributed by atoms with Crippen LogP contribution in [0, 0.1) is 6.92 Å². The van der Waals surface area contributed by atoms with Crippen LogP contribution in [-0.4, -0.2) is 12.1 Å². The molecule has 3 rings (SSSR count). The van der Waals surface area contributed by atoms with Crippen LogP contribution in [0.1, 0.15) is 5.56 Å². The largest absolute Gasteiger partial charge is 0.497 e. The van der Waals surface area contributed by atoms with E-state index in [1.165, 1.54) is 11.1 Å². The van der Waals surface area contributed by atoms with Crippen LogP contribution in [0.2, 0.25) is 0 Å². The van der Waals surface area contributed by atoms with Gasteiger partial charge in [-0.2, -0.15) is 0 Å². The summed E-state index contributed by atoms with van der Waals surface area (Å²) in [6, 6.07) is 20.6. The maximum atomic E-state index is 5.22. The van der Waals surface area contributed by atoms with Crippen LogP contribution in [0.3, 0.4) is 0 Å². The van der Waals surface area contributed by atoms with Gasteiger partial charge in [-0.05, 0) is 41.8 Å². The molecule has 0 bridgehead atoms. The Morgan fingerprint density at radius 3 is 2.14 bits per heavy atom. The number of aromatic nitrogens is 1. The lowest BCUT2D eigenvalue weighted by atomic mass is 9.97. The summed E-state index contributed by atoms with van der Waals surface area (Å²) in [6.07, 6.45) is 1.90. The van der Waals surface area contributed by atoms with Gasteiger partial charge in [-0.25, -0.2) is 0 Å². The molecule has 0 unspecified atom stereocenters. The number of hydrogen-bond acceptors (Lipinski definition) is 2. The maximum absolute atomic E-state index is 5.22. The highest BCUT2D eigenvalue weighted by molar-refractivity contribution is 5.82. The first-order valence-corrected chi connectivity index (χ1v) is 6.94. The molecule has 2 nitrogen and oxygen atoms in total. The van der Waals surface area contributed by atoms with E-state index in [1.54, 1.807) is 7.11 Å². The Kier molecular flexibility index (Phi) is 3.69. The van der Waals surface area contributed by atoms with Crippen LogP contribution < -0.4 is 4.74 Å². The van der Waals surface area contributed by atoms with Crippen molar-refractivity contribution in [2.45, 2.75) is 6.92 Å². The van der Waals surface area contributed by atoms with E-state index in [0.717, 1.165) is 22.6 Å². The number of rotatable bonds is 3. The fourth-order valence-corrected chi connectivity index (χ4v) is 2.36. The first-order chi connectivity index (χ1) is 10.3. The number of aryl methyl sites for hydroxylation is 1. The van der Waals surface area contributed by atoms with Crippen LogP contribution in [-0.2, 0) is 0 Å². The molecule has 21 heavy (non-hydrogen) atoms. The van der Waals surface area contributed by atoms with Crippen LogP contribution in [0.25, 0.3) is 22.4 Å². The highest BCUT2D eigenvalue weighted by Crippen LogP contribution is 2.31.